The third-order valence-electron chi connectivity index (χ3n) is 3.04. The van der Waals surface area contributed by atoms with Crippen LogP contribution in [0.15, 0.2) is 0 Å². The number of halogens is 5. The quantitative estimate of drug-likeness (QED) is 0.515. The van der Waals surface area contributed by atoms with Crippen molar-refractivity contribution >= 4 is 17.6 Å². The van der Waals surface area contributed by atoms with Crippen molar-refractivity contribution in [3.63, 3.8) is 0 Å². The third-order valence-corrected chi connectivity index (χ3v) is 3.04. The minimum absolute atomic E-state index is 0.119. The van der Waals surface area contributed by atoms with E-state index in [0.29, 0.717) is 0 Å². The van der Waals surface area contributed by atoms with E-state index in [9.17, 15) is 31.5 Å². The minimum Gasteiger partial charge on any atom is -0.478 e. The largest absolute Gasteiger partial charge is 0.478 e. The number of methoxy groups -OCH3 is 1. The van der Waals surface area contributed by atoms with E-state index in [4.69, 9.17) is 5.11 Å². The lowest BCUT2D eigenvalue weighted by atomic mass is 10.0. The second-order valence-corrected chi connectivity index (χ2v) is 4.53. The van der Waals surface area contributed by atoms with Crippen LogP contribution in [0.3, 0.4) is 0 Å². The van der Waals surface area contributed by atoms with Gasteiger partial charge in [-0.15, -0.1) is 0 Å². The van der Waals surface area contributed by atoms with Crippen molar-refractivity contribution in [3.05, 3.63) is 22.5 Å². The van der Waals surface area contributed by atoms with E-state index in [0.717, 1.165) is 12.0 Å². The molecule has 0 amide bonds. The van der Waals surface area contributed by atoms with Gasteiger partial charge in [0.1, 0.15) is 16.8 Å². The number of aromatic nitrogens is 1. The molecule has 2 rings (SSSR count). The summed E-state index contributed by atoms with van der Waals surface area (Å²) in [6.07, 6.45) is -8.80. The number of carbonyl (C=O) groups excluding carboxylic acids is 1. The van der Waals surface area contributed by atoms with Gasteiger partial charge in [-0.25, -0.2) is 23.4 Å². The molecular weight excluding hydrogens is 331 g/mol. The van der Waals surface area contributed by atoms with Crippen LogP contribution < -0.4 is 4.90 Å². The van der Waals surface area contributed by atoms with Crippen LogP contribution in [0.4, 0.5) is 27.6 Å². The molecule has 11 heteroatoms. The summed E-state index contributed by atoms with van der Waals surface area (Å²) in [6.45, 7) is 0.239. The molecule has 0 bridgehead atoms. The number of pyridine rings is 1. The standard InChI is InChI=1S/C12H9F5N2O4/c1-23-11(22)4-6(9(13)14)18-8(12(15,16)17)5(10(20)21)7(4)19-2-3-19/h9H,2-3H2,1H3,(H,20,21). The van der Waals surface area contributed by atoms with E-state index < -0.39 is 52.7 Å². The lowest BCUT2D eigenvalue weighted by Crippen LogP contribution is -2.23. The molecule has 0 spiro atoms. The summed E-state index contributed by atoms with van der Waals surface area (Å²) in [5.41, 5.74) is -6.50. The molecule has 0 radical (unpaired) electrons. The van der Waals surface area contributed by atoms with Crippen LogP contribution in [0.25, 0.3) is 0 Å². The van der Waals surface area contributed by atoms with E-state index in [-0.39, 0.29) is 13.1 Å². The molecule has 0 aliphatic carbocycles. The van der Waals surface area contributed by atoms with E-state index in [1.165, 1.54) is 0 Å². The van der Waals surface area contributed by atoms with Gasteiger partial charge in [0.15, 0.2) is 5.69 Å². The van der Waals surface area contributed by atoms with Gasteiger partial charge in [0, 0.05) is 13.1 Å². The summed E-state index contributed by atoms with van der Waals surface area (Å²) in [7, 11) is 0.835. The van der Waals surface area contributed by atoms with Gasteiger partial charge in [0.05, 0.1) is 12.8 Å². The zero-order valence-electron chi connectivity index (χ0n) is 11.4. The molecule has 23 heavy (non-hydrogen) atoms. The molecule has 126 valence electrons. The van der Waals surface area contributed by atoms with Crippen molar-refractivity contribution < 1.29 is 41.4 Å². The SMILES string of the molecule is COC(=O)c1c(C(F)F)nc(C(F)(F)F)c(C(=O)O)c1N1CC1. The maximum Gasteiger partial charge on any atom is 0.434 e. The molecule has 1 saturated heterocycles. The van der Waals surface area contributed by atoms with E-state index in [2.05, 4.69) is 9.72 Å². The van der Waals surface area contributed by atoms with Crippen LogP contribution in [0.1, 0.15) is 38.5 Å². The van der Waals surface area contributed by atoms with Crippen molar-refractivity contribution in [2.45, 2.75) is 12.6 Å². The first kappa shape index (κ1) is 16.9. The molecule has 2 heterocycles. The van der Waals surface area contributed by atoms with Gasteiger partial charge < -0.3 is 14.7 Å². The number of nitrogens with zero attached hydrogens (tertiary/aromatic N) is 2. The average molecular weight is 340 g/mol. The van der Waals surface area contributed by atoms with Gasteiger partial charge in [-0.3, -0.25) is 0 Å². The Labute approximate surface area is 125 Å². The summed E-state index contributed by atoms with van der Waals surface area (Å²) in [5, 5.41) is 9.09. The zero-order valence-corrected chi connectivity index (χ0v) is 11.4. The summed E-state index contributed by atoms with van der Waals surface area (Å²) in [5.74, 6) is -3.41. The first-order valence-electron chi connectivity index (χ1n) is 6.09. The first-order valence-corrected chi connectivity index (χ1v) is 6.09. The summed E-state index contributed by atoms with van der Waals surface area (Å²) in [6, 6.07) is 0. The van der Waals surface area contributed by atoms with Crippen molar-refractivity contribution in [2.24, 2.45) is 0 Å². The highest BCUT2D eigenvalue weighted by Crippen LogP contribution is 2.42. The van der Waals surface area contributed by atoms with E-state index in [1.807, 2.05) is 0 Å². The van der Waals surface area contributed by atoms with Crippen LogP contribution in [0.5, 0.6) is 0 Å². The second-order valence-electron chi connectivity index (χ2n) is 4.53. The van der Waals surface area contributed by atoms with Gasteiger partial charge in [0.25, 0.3) is 6.43 Å². The normalized spacial score (nSPS) is 14.1. The molecule has 0 saturated carbocycles. The number of aromatic carboxylic acids is 1. The molecule has 0 aromatic carbocycles. The third kappa shape index (κ3) is 3.03. The number of rotatable bonds is 4. The highest BCUT2D eigenvalue weighted by atomic mass is 19.4. The predicted molar refractivity (Wildman–Crippen MR) is 64.7 cm³/mol. The Hall–Kier alpha value is -2.46. The molecule has 1 fully saturated rings. The number of carboxylic acids is 1. The van der Waals surface area contributed by atoms with E-state index in [1.54, 1.807) is 0 Å². The van der Waals surface area contributed by atoms with Crippen LogP contribution in [0.2, 0.25) is 0 Å². The Balaban J connectivity index is 2.93. The number of esters is 1. The average Bonchev–Trinajstić information content (AvgIpc) is 3.27. The number of hydrogen-bond donors (Lipinski definition) is 1. The molecular formula is C12H9F5N2O4. The maximum atomic E-state index is 13.1. The van der Waals surface area contributed by atoms with Crippen LogP contribution in [-0.2, 0) is 10.9 Å². The van der Waals surface area contributed by atoms with Crippen molar-refractivity contribution in [1.82, 2.24) is 4.98 Å². The molecule has 0 atom stereocenters. The van der Waals surface area contributed by atoms with Crippen molar-refractivity contribution in [3.8, 4) is 0 Å². The first-order chi connectivity index (χ1) is 10.6. The smallest absolute Gasteiger partial charge is 0.434 e. The Kier molecular flexibility index (Phi) is 4.14. The van der Waals surface area contributed by atoms with Gasteiger partial charge in [0.2, 0.25) is 0 Å². The lowest BCUT2D eigenvalue weighted by molar-refractivity contribution is -0.142. The Morgan fingerprint density at radius 2 is 1.83 bits per heavy atom. The Bertz CT molecular complexity index is 670. The second kappa shape index (κ2) is 5.63. The fraction of sp³-hybridized carbons (Fsp3) is 0.417. The number of anilines is 1. The highest BCUT2D eigenvalue weighted by molar-refractivity contribution is 6.06. The Morgan fingerprint density at radius 1 is 1.26 bits per heavy atom. The lowest BCUT2D eigenvalue weighted by Gasteiger charge is -2.19. The van der Waals surface area contributed by atoms with Gasteiger partial charge in [-0.05, 0) is 0 Å². The molecule has 6 nitrogen and oxygen atoms in total. The molecule has 0 unspecified atom stereocenters. The molecule has 1 aromatic rings. The molecule has 1 aromatic heterocycles. The van der Waals surface area contributed by atoms with Gasteiger partial charge >= 0.3 is 18.1 Å². The molecule has 1 N–H and O–H groups in total. The topological polar surface area (TPSA) is 79.5 Å². The summed E-state index contributed by atoms with van der Waals surface area (Å²) >= 11 is 0. The maximum absolute atomic E-state index is 13.1. The number of carboxylic acid groups (broad SMARTS) is 1. The number of alkyl halides is 5. The monoisotopic (exact) mass is 340 g/mol. The number of hydrogen-bond acceptors (Lipinski definition) is 5. The van der Waals surface area contributed by atoms with Crippen LogP contribution in [0, 0.1) is 0 Å². The van der Waals surface area contributed by atoms with Crippen molar-refractivity contribution in [2.75, 3.05) is 25.1 Å². The van der Waals surface area contributed by atoms with Gasteiger partial charge in [-0.2, -0.15) is 13.2 Å². The van der Waals surface area contributed by atoms with Crippen LogP contribution in [-0.4, -0.2) is 42.2 Å². The fourth-order valence-electron chi connectivity index (χ4n) is 2.05. The Morgan fingerprint density at radius 3 is 2.17 bits per heavy atom. The highest BCUT2D eigenvalue weighted by Gasteiger charge is 2.45. The molecule has 1 aliphatic rings. The zero-order chi connectivity index (χ0) is 17.5. The van der Waals surface area contributed by atoms with E-state index >= 15 is 0 Å². The minimum atomic E-state index is -5.28. The predicted octanol–water partition coefficient (Wildman–Crippen LogP) is 2.34. The van der Waals surface area contributed by atoms with Crippen molar-refractivity contribution in [1.29, 1.82) is 0 Å². The molecule has 1 aliphatic heterocycles. The van der Waals surface area contributed by atoms with Crippen LogP contribution >= 0.6 is 0 Å². The number of carbonyl (C=O) groups is 2. The fourth-order valence-corrected chi connectivity index (χ4v) is 2.05. The summed E-state index contributed by atoms with van der Waals surface area (Å²) in [4.78, 5) is 26.8. The number of ether oxygens (including phenoxy) is 1. The summed E-state index contributed by atoms with van der Waals surface area (Å²) < 4.78 is 69.5. The van der Waals surface area contributed by atoms with Gasteiger partial charge in [-0.1, -0.05) is 0 Å².